The summed E-state index contributed by atoms with van der Waals surface area (Å²) >= 11 is 0. The lowest BCUT2D eigenvalue weighted by molar-refractivity contribution is 0.0934. The normalized spacial score (nSPS) is 14.3. The van der Waals surface area contributed by atoms with Crippen molar-refractivity contribution in [1.82, 2.24) is 30.0 Å². The van der Waals surface area contributed by atoms with Crippen LogP contribution in [0.3, 0.4) is 0 Å². The number of carbonyl (C=O) groups excluding carboxylic acids is 1. The van der Waals surface area contributed by atoms with Crippen LogP contribution in [0.1, 0.15) is 54.0 Å². The Balaban J connectivity index is 1.19. The number of aromatic nitrogens is 5. The van der Waals surface area contributed by atoms with Crippen molar-refractivity contribution in [2.45, 2.75) is 44.6 Å². The van der Waals surface area contributed by atoms with Crippen molar-refractivity contribution in [3.05, 3.63) is 78.3 Å². The molecule has 1 aromatic carbocycles. The minimum Gasteiger partial charge on any atom is -0.348 e. The highest BCUT2D eigenvalue weighted by atomic mass is 16.5. The Bertz CT molecular complexity index is 1190. The summed E-state index contributed by atoms with van der Waals surface area (Å²) in [4.78, 5) is 25.7. The molecule has 4 aromatic rings. The molecule has 1 N–H and O–H groups in total. The van der Waals surface area contributed by atoms with E-state index in [1.54, 1.807) is 23.3 Å². The van der Waals surface area contributed by atoms with Gasteiger partial charge in [0.15, 0.2) is 5.82 Å². The molecule has 8 nitrogen and oxygen atoms in total. The Morgan fingerprint density at radius 3 is 2.78 bits per heavy atom. The predicted octanol–water partition coefficient (Wildman–Crippen LogP) is 3.95. The Hall–Kier alpha value is -3.81. The Kier molecular flexibility index (Phi) is 5.49. The first kappa shape index (κ1) is 20.1. The van der Waals surface area contributed by atoms with Gasteiger partial charge in [-0.05, 0) is 50.3 Å². The standard InChI is InChI=1S/C24H24N6O2/c1-16(7-8-17-5-3-2-4-6-17)27-23(31)20-14-30(15-26-20)21-12-11-19(13-25-21)24-28-22(29-32-24)18-9-10-18/h2-6,11-16,18H,7-10H2,1H3,(H,27,31)/t16-/m0/s1. The monoisotopic (exact) mass is 428 g/mol. The Morgan fingerprint density at radius 1 is 1.19 bits per heavy atom. The first-order valence-electron chi connectivity index (χ1n) is 10.8. The van der Waals surface area contributed by atoms with Crippen molar-refractivity contribution >= 4 is 5.91 Å². The molecule has 0 spiro atoms. The van der Waals surface area contributed by atoms with E-state index in [1.807, 2.05) is 37.3 Å². The summed E-state index contributed by atoms with van der Waals surface area (Å²) in [6.45, 7) is 2.00. The summed E-state index contributed by atoms with van der Waals surface area (Å²) in [7, 11) is 0. The van der Waals surface area contributed by atoms with Gasteiger partial charge in [0.25, 0.3) is 11.8 Å². The fourth-order valence-corrected chi connectivity index (χ4v) is 3.49. The van der Waals surface area contributed by atoms with Gasteiger partial charge in [0.1, 0.15) is 17.8 Å². The minimum absolute atomic E-state index is 0.0419. The van der Waals surface area contributed by atoms with Gasteiger partial charge in [0.2, 0.25) is 0 Å². The zero-order valence-electron chi connectivity index (χ0n) is 17.8. The van der Waals surface area contributed by atoms with Gasteiger partial charge in [0, 0.05) is 24.4 Å². The van der Waals surface area contributed by atoms with Crippen LogP contribution in [-0.2, 0) is 6.42 Å². The van der Waals surface area contributed by atoms with Crippen molar-refractivity contribution in [1.29, 1.82) is 0 Å². The largest absolute Gasteiger partial charge is 0.348 e. The Morgan fingerprint density at radius 2 is 2.03 bits per heavy atom. The summed E-state index contributed by atoms with van der Waals surface area (Å²) in [5.41, 5.74) is 2.38. The quantitative estimate of drug-likeness (QED) is 0.456. The van der Waals surface area contributed by atoms with Gasteiger partial charge in [-0.2, -0.15) is 4.98 Å². The molecule has 0 radical (unpaired) electrons. The van der Waals surface area contributed by atoms with Gasteiger partial charge in [-0.1, -0.05) is 35.5 Å². The second-order valence-electron chi connectivity index (χ2n) is 8.20. The molecule has 162 valence electrons. The number of carbonyl (C=O) groups is 1. The van der Waals surface area contributed by atoms with Gasteiger partial charge >= 0.3 is 0 Å². The molecule has 3 heterocycles. The summed E-state index contributed by atoms with van der Waals surface area (Å²) in [5, 5.41) is 7.05. The van der Waals surface area contributed by atoms with Gasteiger partial charge in [0.05, 0.1) is 5.56 Å². The molecule has 0 saturated heterocycles. The summed E-state index contributed by atoms with van der Waals surface area (Å²) < 4.78 is 7.06. The highest BCUT2D eigenvalue weighted by Crippen LogP contribution is 2.38. The molecular weight excluding hydrogens is 404 g/mol. The smallest absolute Gasteiger partial charge is 0.271 e. The first-order chi connectivity index (χ1) is 15.7. The number of imidazole rings is 1. The average molecular weight is 428 g/mol. The van der Waals surface area contributed by atoms with Crippen molar-refractivity contribution in [2.75, 3.05) is 0 Å². The number of pyridine rings is 1. The zero-order chi connectivity index (χ0) is 21.9. The summed E-state index contributed by atoms with van der Waals surface area (Å²) in [6, 6.07) is 14.0. The zero-order valence-corrected chi connectivity index (χ0v) is 17.8. The molecule has 0 unspecified atom stereocenters. The van der Waals surface area contributed by atoms with E-state index < -0.39 is 0 Å². The van der Waals surface area contributed by atoms with Crippen LogP contribution in [0.4, 0.5) is 0 Å². The van der Waals surface area contributed by atoms with Crippen LogP contribution in [-0.4, -0.2) is 36.6 Å². The highest BCUT2D eigenvalue weighted by Gasteiger charge is 2.29. The predicted molar refractivity (Wildman–Crippen MR) is 118 cm³/mol. The molecule has 5 rings (SSSR count). The molecule has 1 aliphatic carbocycles. The van der Waals surface area contributed by atoms with E-state index >= 15 is 0 Å². The van der Waals surface area contributed by atoms with E-state index in [0.717, 1.165) is 37.1 Å². The van der Waals surface area contributed by atoms with Crippen LogP contribution in [0, 0.1) is 0 Å². The van der Waals surface area contributed by atoms with Gasteiger partial charge in [-0.3, -0.25) is 9.36 Å². The van der Waals surface area contributed by atoms with Gasteiger partial charge < -0.3 is 9.84 Å². The van der Waals surface area contributed by atoms with Crippen LogP contribution in [0.15, 0.2) is 65.7 Å². The molecule has 0 aliphatic heterocycles. The number of hydrogen-bond donors (Lipinski definition) is 1. The van der Waals surface area contributed by atoms with Crippen LogP contribution in [0.2, 0.25) is 0 Å². The van der Waals surface area contributed by atoms with Gasteiger partial charge in [-0.25, -0.2) is 9.97 Å². The third-order valence-electron chi connectivity index (χ3n) is 5.55. The van der Waals surface area contributed by atoms with E-state index in [2.05, 4.69) is 37.6 Å². The fourth-order valence-electron chi connectivity index (χ4n) is 3.49. The number of rotatable bonds is 8. The molecule has 1 atom stereocenters. The lowest BCUT2D eigenvalue weighted by Gasteiger charge is -2.12. The van der Waals surface area contributed by atoms with E-state index in [0.29, 0.717) is 23.3 Å². The molecular formula is C24H24N6O2. The average Bonchev–Trinajstić information content (AvgIpc) is 3.34. The third-order valence-corrected chi connectivity index (χ3v) is 5.55. The number of benzene rings is 1. The number of nitrogens with zero attached hydrogens (tertiary/aromatic N) is 5. The van der Waals surface area contributed by atoms with Crippen LogP contribution in [0.5, 0.6) is 0 Å². The van der Waals surface area contributed by atoms with Gasteiger partial charge in [-0.15, -0.1) is 0 Å². The maximum Gasteiger partial charge on any atom is 0.271 e. The maximum absolute atomic E-state index is 12.6. The van der Waals surface area contributed by atoms with E-state index in [9.17, 15) is 4.79 Å². The molecule has 32 heavy (non-hydrogen) atoms. The van der Waals surface area contributed by atoms with Crippen LogP contribution in [0.25, 0.3) is 17.3 Å². The molecule has 0 bridgehead atoms. The highest BCUT2D eigenvalue weighted by molar-refractivity contribution is 5.92. The maximum atomic E-state index is 12.6. The lowest BCUT2D eigenvalue weighted by Crippen LogP contribution is -2.33. The second kappa shape index (κ2) is 8.74. The van der Waals surface area contributed by atoms with Crippen molar-refractivity contribution in [3.8, 4) is 17.3 Å². The lowest BCUT2D eigenvalue weighted by atomic mass is 10.1. The fraction of sp³-hybridized carbons (Fsp3) is 0.292. The SMILES string of the molecule is C[C@@H](CCc1ccccc1)NC(=O)c1cn(-c2ccc(-c3nc(C4CC4)no3)cn2)cn1. The van der Waals surface area contributed by atoms with E-state index in [4.69, 9.17) is 4.52 Å². The number of amides is 1. The molecule has 1 saturated carbocycles. The molecule has 1 aliphatic rings. The Labute approximate surface area is 185 Å². The number of hydrogen-bond acceptors (Lipinski definition) is 6. The van der Waals surface area contributed by atoms with Crippen molar-refractivity contribution in [2.24, 2.45) is 0 Å². The second-order valence-corrected chi connectivity index (χ2v) is 8.20. The summed E-state index contributed by atoms with van der Waals surface area (Å²) in [5.74, 6) is 2.14. The molecule has 8 heteroatoms. The number of nitrogens with one attached hydrogen (secondary N) is 1. The molecule has 3 aromatic heterocycles. The third kappa shape index (κ3) is 4.59. The minimum atomic E-state index is -0.195. The molecule has 1 amide bonds. The number of aryl methyl sites for hydroxylation is 1. The van der Waals surface area contributed by atoms with Crippen LogP contribution < -0.4 is 5.32 Å². The molecule has 1 fully saturated rings. The topological polar surface area (TPSA) is 98.7 Å². The van der Waals surface area contributed by atoms with E-state index in [-0.39, 0.29) is 11.9 Å². The van der Waals surface area contributed by atoms with E-state index in [1.165, 1.54) is 5.56 Å². The first-order valence-corrected chi connectivity index (χ1v) is 10.8. The van der Waals surface area contributed by atoms with Crippen LogP contribution >= 0.6 is 0 Å². The van der Waals surface area contributed by atoms with Crippen molar-refractivity contribution in [3.63, 3.8) is 0 Å². The van der Waals surface area contributed by atoms with Crippen molar-refractivity contribution < 1.29 is 9.32 Å². The summed E-state index contributed by atoms with van der Waals surface area (Å²) in [6.07, 6.45) is 8.97.